The summed E-state index contributed by atoms with van der Waals surface area (Å²) in [6, 6.07) is 6.58. The molecule has 0 saturated carbocycles. The van der Waals surface area contributed by atoms with Gasteiger partial charge in [0.05, 0.1) is 12.1 Å². The molecule has 0 fully saturated rings. The van der Waals surface area contributed by atoms with Gasteiger partial charge in [-0.2, -0.15) is 0 Å². The van der Waals surface area contributed by atoms with Crippen LogP contribution in [-0.4, -0.2) is 47.7 Å². The zero-order valence-corrected chi connectivity index (χ0v) is 15.3. The van der Waals surface area contributed by atoms with Crippen LogP contribution in [0.2, 0.25) is 0 Å². The van der Waals surface area contributed by atoms with Gasteiger partial charge in [-0.05, 0) is 34.0 Å². The summed E-state index contributed by atoms with van der Waals surface area (Å²) in [4.78, 5) is 13.8. The largest absolute Gasteiger partial charge is 0.478 e. The predicted octanol–water partition coefficient (Wildman–Crippen LogP) is 2.64. The second-order valence-corrected chi connectivity index (χ2v) is 6.49. The molecule has 0 amide bonds. The highest BCUT2D eigenvalue weighted by atomic mass is 19.1. The van der Waals surface area contributed by atoms with Crippen LogP contribution >= 0.6 is 0 Å². The number of hydrogen-bond acceptors (Lipinski definition) is 3. The third-order valence-electron chi connectivity index (χ3n) is 4.45. The number of carboxylic acids is 1. The molecule has 6 heteroatoms. The lowest BCUT2D eigenvalue weighted by molar-refractivity contribution is 0.0694. The van der Waals surface area contributed by atoms with E-state index < -0.39 is 5.97 Å². The van der Waals surface area contributed by atoms with Gasteiger partial charge in [0.15, 0.2) is 0 Å². The minimum Gasteiger partial charge on any atom is -0.478 e. The van der Waals surface area contributed by atoms with Gasteiger partial charge in [-0.15, -0.1) is 0 Å². The number of nitrogens with zero attached hydrogens (tertiary/aromatic N) is 2. The van der Waals surface area contributed by atoms with E-state index in [9.17, 15) is 14.3 Å². The lowest BCUT2D eigenvalue weighted by atomic mass is 10.1. The van der Waals surface area contributed by atoms with E-state index in [1.165, 1.54) is 6.07 Å². The fourth-order valence-electron chi connectivity index (χ4n) is 3.00. The van der Waals surface area contributed by atoms with Crippen molar-refractivity contribution in [1.29, 1.82) is 0 Å². The summed E-state index contributed by atoms with van der Waals surface area (Å²) in [5, 5.41) is 12.9. The van der Waals surface area contributed by atoms with Gasteiger partial charge >= 0.3 is 5.97 Å². The first kappa shape index (κ1) is 19.1. The molecule has 0 aliphatic carbocycles. The van der Waals surface area contributed by atoms with Crippen LogP contribution in [0, 0.1) is 19.7 Å². The van der Waals surface area contributed by atoms with E-state index in [0.717, 1.165) is 24.3 Å². The van der Waals surface area contributed by atoms with E-state index in [1.54, 1.807) is 25.1 Å². The maximum absolute atomic E-state index is 14.0. The van der Waals surface area contributed by atoms with Crippen molar-refractivity contribution in [3.8, 4) is 0 Å². The monoisotopic (exact) mass is 347 g/mol. The SMILES string of the molecule is Cc1c(CNCCN(C)C)c(C(=O)O)c(C)n1Cc1ccccc1F. The molecule has 0 spiro atoms. The molecule has 1 heterocycles. The average Bonchev–Trinajstić information content (AvgIpc) is 2.77. The minimum atomic E-state index is -0.947. The first-order chi connectivity index (χ1) is 11.8. The molecule has 2 rings (SSSR count). The number of benzene rings is 1. The van der Waals surface area contributed by atoms with Crippen molar-refractivity contribution in [3.05, 3.63) is 58.2 Å². The van der Waals surface area contributed by atoms with Crippen molar-refractivity contribution < 1.29 is 14.3 Å². The summed E-state index contributed by atoms with van der Waals surface area (Å²) in [6.45, 7) is 6.11. The fraction of sp³-hybridized carbons (Fsp3) is 0.421. The fourth-order valence-corrected chi connectivity index (χ4v) is 3.00. The van der Waals surface area contributed by atoms with Crippen LogP contribution in [0.25, 0.3) is 0 Å². The molecule has 0 radical (unpaired) electrons. The number of halogens is 1. The number of carbonyl (C=O) groups is 1. The summed E-state index contributed by atoms with van der Waals surface area (Å²) < 4.78 is 15.9. The topological polar surface area (TPSA) is 57.5 Å². The molecule has 0 aliphatic rings. The van der Waals surface area contributed by atoms with E-state index in [0.29, 0.717) is 29.9 Å². The lowest BCUT2D eigenvalue weighted by Gasteiger charge is -2.12. The third kappa shape index (κ3) is 4.46. The smallest absolute Gasteiger partial charge is 0.337 e. The number of hydrogen-bond donors (Lipinski definition) is 2. The van der Waals surface area contributed by atoms with Gasteiger partial charge in [0.2, 0.25) is 0 Å². The summed E-state index contributed by atoms with van der Waals surface area (Å²) >= 11 is 0. The van der Waals surface area contributed by atoms with Gasteiger partial charge in [0, 0.05) is 42.1 Å². The van der Waals surface area contributed by atoms with Gasteiger partial charge in [0.25, 0.3) is 0 Å². The third-order valence-corrected chi connectivity index (χ3v) is 4.45. The molecule has 1 aromatic heterocycles. The number of likely N-dealkylation sites (N-methyl/N-ethyl adjacent to an activating group) is 1. The van der Waals surface area contributed by atoms with E-state index in [-0.39, 0.29) is 5.82 Å². The molecule has 25 heavy (non-hydrogen) atoms. The molecule has 0 unspecified atom stereocenters. The number of nitrogens with one attached hydrogen (secondary N) is 1. The number of rotatable bonds is 8. The van der Waals surface area contributed by atoms with E-state index >= 15 is 0 Å². The maximum Gasteiger partial charge on any atom is 0.337 e. The van der Waals surface area contributed by atoms with Crippen LogP contribution < -0.4 is 5.32 Å². The van der Waals surface area contributed by atoms with Crippen LogP contribution in [0.1, 0.15) is 32.9 Å². The van der Waals surface area contributed by atoms with Crippen LogP contribution in [-0.2, 0) is 13.1 Å². The number of carboxylic acid groups (broad SMARTS) is 1. The first-order valence-electron chi connectivity index (χ1n) is 8.33. The van der Waals surface area contributed by atoms with Gasteiger partial charge in [-0.25, -0.2) is 9.18 Å². The lowest BCUT2D eigenvalue weighted by Crippen LogP contribution is -2.26. The van der Waals surface area contributed by atoms with Crippen molar-refractivity contribution in [2.24, 2.45) is 0 Å². The van der Waals surface area contributed by atoms with E-state index in [2.05, 4.69) is 10.2 Å². The molecule has 0 aliphatic heterocycles. The Labute approximate surface area is 148 Å². The Morgan fingerprint density at radius 2 is 1.92 bits per heavy atom. The average molecular weight is 347 g/mol. The molecule has 2 aromatic rings. The first-order valence-corrected chi connectivity index (χ1v) is 8.33. The molecule has 2 N–H and O–H groups in total. The molecular weight excluding hydrogens is 321 g/mol. The quantitative estimate of drug-likeness (QED) is 0.721. The summed E-state index contributed by atoms with van der Waals surface area (Å²) in [7, 11) is 3.98. The summed E-state index contributed by atoms with van der Waals surface area (Å²) in [5.41, 5.74) is 3.13. The van der Waals surface area contributed by atoms with Crippen LogP contribution in [0.4, 0.5) is 4.39 Å². The summed E-state index contributed by atoms with van der Waals surface area (Å²) in [5.74, 6) is -1.23. The predicted molar refractivity (Wildman–Crippen MR) is 96.6 cm³/mol. The Morgan fingerprint density at radius 1 is 1.24 bits per heavy atom. The number of aromatic carboxylic acids is 1. The number of aromatic nitrogens is 1. The Morgan fingerprint density at radius 3 is 2.52 bits per heavy atom. The normalized spacial score (nSPS) is 11.3. The Kier molecular flexibility index (Phi) is 6.33. The zero-order valence-electron chi connectivity index (χ0n) is 15.3. The molecule has 0 atom stereocenters. The standard InChI is InChI=1S/C19H26FN3O2/c1-13-16(11-21-9-10-22(3)4)18(19(24)25)14(2)23(13)12-15-7-5-6-8-17(15)20/h5-8,21H,9-12H2,1-4H3,(H,24,25). The highest BCUT2D eigenvalue weighted by Gasteiger charge is 2.22. The molecule has 0 bridgehead atoms. The van der Waals surface area contributed by atoms with Crippen molar-refractivity contribution in [3.63, 3.8) is 0 Å². The van der Waals surface area contributed by atoms with Crippen molar-refractivity contribution in [2.45, 2.75) is 26.9 Å². The van der Waals surface area contributed by atoms with E-state index in [4.69, 9.17) is 0 Å². The molecular formula is C19H26FN3O2. The van der Waals surface area contributed by atoms with Crippen LogP contribution in [0.15, 0.2) is 24.3 Å². The van der Waals surface area contributed by atoms with Crippen molar-refractivity contribution >= 4 is 5.97 Å². The highest BCUT2D eigenvalue weighted by Crippen LogP contribution is 2.24. The van der Waals surface area contributed by atoms with Crippen LogP contribution in [0.3, 0.4) is 0 Å². The molecule has 1 aromatic carbocycles. The van der Waals surface area contributed by atoms with Gasteiger partial charge < -0.3 is 19.9 Å². The van der Waals surface area contributed by atoms with Gasteiger partial charge in [-0.3, -0.25) is 0 Å². The van der Waals surface area contributed by atoms with Crippen molar-refractivity contribution in [2.75, 3.05) is 27.2 Å². The zero-order chi connectivity index (χ0) is 18.6. The Hall–Kier alpha value is -2.18. The highest BCUT2D eigenvalue weighted by molar-refractivity contribution is 5.91. The molecule has 5 nitrogen and oxygen atoms in total. The molecule has 136 valence electrons. The second kappa shape index (κ2) is 8.27. The summed E-state index contributed by atoms with van der Waals surface area (Å²) in [6.07, 6.45) is 0. The Bertz CT molecular complexity index is 753. The van der Waals surface area contributed by atoms with E-state index in [1.807, 2.05) is 25.6 Å². The molecule has 0 saturated heterocycles. The second-order valence-electron chi connectivity index (χ2n) is 6.49. The maximum atomic E-state index is 14.0. The minimum absolute atomic E-state index is 0.280. The van der Waals surface area contributed by atoms with Crippen LogP contribution in [0.5, 0.6) is 0 Å². The Balaban J connectivity index is 2.30. The van der Waals surface area contributed by atoms with Gasteiger partial charge in [-0.1, -0.05) is 18.2 Å². The van der Waals surface area contributed by atoms with Crippen molar-refractivity contribution in [1.82, 2.24) is 14.8 Å². The van der Waals surface area contributed by atoms with Gasteiger partial charge in [0.1, 0.15) is 5.82 Å².